The van der Waals surface area contributed by atoms with E-state index in [1.54, 1.807) is 12.4 Å². The minimum absolute atomic E-state index is 0.149. The van der Waals surface area contributed by atoms with Crippen LogP contribution in [0.15, 0.2) is 36.7 Å². The minimum Gasteiger partial charge on any atom is -0.350 e. The second-order valence-electron chi connectivity index (χ2n) is 6.89. The standard InChI is InChI=1S/C18H22N6O2S/c1-13-4-3-9-19-17(13)16-6-5-15-12-20-18(22-24(15)16)21-14-7-10-23(11-8-14)27(2,25)26/h3-6,9,12,14H,7-8,10-11H2,1-2H3,(H,21,22). The molecule has 1 aliphatic heterocycles. The van der Waals surface area contributed by atoms with Crippen molar-refractivity contribution >= 4 is 21.5 Å². The number of pyridine rings is 1. The number of aromatic nitrogens is 4. The maximum absolute atomic E-state index is 11.6. The Hall–Kier alpha value is -2.52. The highest BCUT2D eigenvalue weighted by molar-refractivity contribution is 7.88. The molecule has 0 bridgehead atoms. The normalized spacial score (nSPS) is 16.7. The van der Waals surface area contributed by atoms with E-state index in [-0.39, 0.29) is 6.04 Å². The van der Waals surface area contributed by atoms with Crippen molar-refractivity contribution in [2.24, 2.45) is 0 Å². The second kappa shape index (κ2) is 6.90. The molecule has 3 aromatic heterocycles. The average Bonchev–Trinajstić information content (AvgIpc) is 3.05. The van der Waals surface area contributed by atoms with Crippen LogP contribution in [0.1, 0.15) is 18.4 Å². The first-order valence-corrected chi connectivity index (χ1v) is 10.7. The number of hydrogen-bond acceptors (Lipinski definition) is 6. The lowest BCUT2D eigenvalue weighted by molar-refractivity contribution is 0.331. The lowest BCUT2D eigenvalue weighted by Crippen LogP contribution is -2.42. The maximum atomic E-state index is 11.6. The van der Waals surface area contributed by atoms with Gasteiger partial charge < -0.3 is 5.32 Å². The summed E-state index contributed by atoms with van der Waals surface area (Å²) in [6.07, 6.45) is 6.27. The number of sulfonamides is 1. The zero-order chi connectivity index (χ0) is 19.0. The van der Waals surface area contributed by atoms with Gasteiger partial charge in [0, 0.05) is 25.3 Å². The molecule has 0 radical (unpaired) electrons. The van der Waals surface area contributed by atoms with Crippen LogP contribution < -0.4 is 5.32 Å². The molecule has 27 heavy (non-hydrogen) atoms. The molecular weight excluding hydrogens is 364 g/mol. The monoisotopic (exact) mass is 386 g/mol. The summed E-state index contributed by atoms with van der Waals surface area (Å²) in [5, 5.41) is 7.98. The molecule has 8 nitrogen and oxygen atoms in total. The number of anilines is 1. The number of piperidine rings is 1. The molecule has 0 saturated carbocycles. The van der Waals surface area contributed by atoms with E-state index in [0.29, 0.717) is 19.0 Å². The van der Waals surface area contributed by atoms with Gasteiger partial charge in [0.05, 0.1) is 29.4 Å². The number of hydrogen-bond donors (Lipinski definition) is 1. The van der Waals surface area contributed by atoms with Gasteiger partial charge in [-0.15, -0.1) is 5.10 Å². The van der Waals surface area contributed by atoms with Crippen LogP contribution in [0.2, 0.25) is 0 Å². The number of nitrogens with zero attached hydrogens (tertiary/aromatic N) is 5. The smallest absolute Gasteiger partial charge is 0.241 e. The fraction of sp³-hybridized carbons (Fsp3) is 0.389. The predicted molar refractivity (Wildman–Crippen MR) is 104 cm³/mol. The Morgan fingerprint density at radius 2 is 1.93 bits per heavy atom. The second-order valence-corrected chi connectivity index (χ2v) is 8.87. The lowest BCUT2D eigenvalue weighted by Gasteiger charge is -2.30. The highest BCUT2D eigenvalue weighted by atomic mass is 32.2. The topological polar surface area (TPSA) is 92.5 Å². The molecule has 9 heteroatoms. The van der Waals surface area contributed by atoms with Crippen LogP contribution in [0.4, 0.5) is 5.95 Å². The molecule has 4 heterocycles. The summed E-state index contributed by atoms with van der Waals surface area (Å²) in [5.74, 6) is 0.534. The van der Waals surface area contributed by atoms with Crippen molar-refractivity contribution in [1.29, 1.82) is 0 Å². The van der Waals surface area contributed by atoms with Gasteiger partial charge in [0.25, 0.3) is 0 Å². The van der Waals surface area contributed by atoms with Crippen molar-refractivity contribution in [3.63, 3.8) is 0 Å². The summed E-state index contributed by atoms with van der Waals surface area (Å²) in [6, 6.07) is 8.05. The van der Waals surface area contributed by atoms with Gasteiger partial charge in [0.1, 0.15) is 0 Å². The van der Waals surface area contributed by atoms with E-state index in [1.165, 1.54) is 10.6 Å². The number of fused-ring (bicyclic) bond motifs is 1. The molecule has 1 N–H and O–H groups in total. The first-order valence-electron chi connectivity index (χ1n) is 8.90. The number of aryl methyl sites for hydroxylation is 1. The van der Waals surface area contributed by atoms with Crippen molar-refractivity contribution in [3.05, 3.63) is 42.2 Å². The van der Waals surface area contributed by atoms with E-state index in [0.717, 1.165) is 35.3 Å². The quantitative estimate of drug-likeness (QED) is 0.737. The fourth-order valence-electron chi connectivity index (χ4n) is 3.42. The van der Waals surface area contributed by atoms with E-state index < -0.39 is 10.0 Å². The fourth-order valence-corrected chi connectivity index (χ4v) is 4.29. The van der Waals surface area contributed by atoms with E-state index in [9.17, 15) is 8.42 Å². The first kappa shape index (κ1) is 17.9. The highest BCUT2D eigenvalue weighted by Gasteiger charge is 2.25. The van der Waals surface area contributed by atoms with Gasteiger partial charge in [0.2, 0.25) is 16.0 Å². The third kappa shape index (κ3) is 3.65. The Bertz CT molecular complexity index is 1070. The Morgan fingerprint density at radius 1 is 1.15 bits per heavy atom. The molecule has 1 aliphatic rings. The largest absolute Gasteiger partial charge is 0.350 e. The predicted octanol–water partition coefficient (Wildman–Crippen LogP) is 1.94. The molecule has 0 spiro atoms. The van der Waals surface area contributed by atoms with Crippen LogP contribution in [0.3, 0.4) is 0 Å². The van der Waals surface area contributed by atoms with Crippen LogP contribution in [-0.4, -0.2) is 57.7 Å². The van der Waals surface area contributed by atoms with Crippen LogP contribution in [0.5, 0.6) is 0 Å². The van der Waals surface area contributed by atoms with Gasteiger partial charge in [-0.25, -0.2) is 22.2 Å². The molecule has 1 saturated heterocycles. The molecule has 0 unspecified atom stereocenters. The van der Waals surface area contributed by atoms with Crippen LogP contribution in [-0.2, 0) is 10.0 Å². The zero-order valence-electron chi connectivity index (χ0n) is 15.3. The Kier molecular flexibility index (Phi) is 4.56. The summed E-state index contributed by atoms with van der Waals surface area (Å²) in [7, 11) is -3.12. The van der Waals surface area contributed by atoms with Crippen molar-refractivity contribution in [3.8, 4) is 11.4 Å². The molecule has 0 atom stereocenters. The van der Waals surface area contributed by atoms with E-state index >= 15 is 0 Å². The molecule has 1 fully saturated rings. The summed E-state index contributed by atoms with van der Waals surface area (Å²) in [5.41, 5.74) is 3.79. The molecule has 142 valence electrons. The van der Waals surface area contributed by atoms with Gasteiger partial charge >= 0.3 is 0 Å². The summed E-state index contributed by atoms with van der Waals surface area (Å²) < 4.78 is 26.6. The van der Waals surface area contributed by atoms with Gasteiger partial charge in [-0.1, -0.05) is 6.07 Å². The van der Waals surface area contributed by atoms with Gasteiger partial charge in [-0.2, -0.15) is 0 Å². The summed E-state index contributed by atoms with van der Waals surface area (Å²) in [4.78, 5) is 8.89. The molecule has 0 aliphatic carbocycles. The third-order valence-corrected chi connectivity index (χ3v) is 6.21. The Balaban J connectivity index is 1.56. The van der Waals surface area contributed by atoms with E-state index in [2.05, 4.69) is 20.4 Å². The van der Waals surface area contributed by atoms with Gasteiger partial charge in [-0.05, 0) is 43.5 Å². The van der Waals surface area contributed by atoms with Gasteiger partial charge in [-0.3, -0.25) is 4.98 Å². The highest BCUT2D eigenvalue weighted by Crippen LogP contribution is 2.23. The van der Waals surface area contributed by atoms with Crippen LogP contribution in [0.25, 0.3) is 16.9 Å². The summed E-state index contributed by atoms with van der Waals surface area (Å²) >= 11 is 0. The Labute approximate surface area is 158 Å². The van der Waals surface area contributed by atoms with Crippen molar-refractivity contribution in [2.75, 3.05) is 24.7 Å². The summed E-state index contributed by atoms with van der Waals surface area (Å²) in [6.45, 7) is 3.05. The lowest BCUT2D eigenvalue weighted by atomic mass is 10.1. The van der Waals surface area contributed by atoms with E-state index in [4.69, 9.17) is 0 Å². The maximum Gasteiger partial charge on any atom is 0.241 e. The number of rotatable bonds is 4. The molecule has 4 rings (SSSR count). The van der Waals surface area contributed by atoms with E-state index in [1.807, 2.05) is 35.7 Å². The van der Waals surface area contributed by atoms with Gasteiger partial charge in [0.15, 0.2) is 0 Å². The number of nitrogens with one attached hydrogen (secondary N) is 1. The zero-order valence-corrected chi connectivity index (χ0v) is 16.1. The molecule has 0 aromatic carbocycles. The average molecular weight is 386 g/mol. The Morgan fingerprint density at radius 3 is 2.63 bits per heavy atom. The van der Waals surface area contributed by atoms with Crippen molar-refractivity contribution < 1.29 is 8.42 Å². The third-order valence-electron chi connectivity index (χ3n) is 4.91. The first-order chi connectivity index (χ1) is 12.9. The molecular formula is C18H22N6O2S. The molecule has 0 amide bonds. The van der Waals surface area contributed by atoms with Crippen molar-refractivity contribution in [2.45, 2.75) is 25.8 Å². The van der Waals surface area contributed by atoms with Crippen molar-refractivity contribution in [1.82, 2.24) is 23.9 Å². The molecule has 3 aromatic rings. The SMILES string of the molecule is Cc1cccnc1-c1ccc2cnc(NC3CCN(S(C)(=O)=O)CC3)nn12. The van der Waals surface area contributed by atoms with Crippen LogP contribution in [0, 0.1) is 6.92 Å². The minimum atomic E-state index is -3.12. The van der Waals surface area contributed by atoms with Crippen LogP contribution >= 0.6 is 0 Å².